The van der Waals surface area contributed by atoms with Crippen LogP contribution in [-0.4, -0.2) is 34.6 Å². The molecule has 0 spiro atoms. The summed E-state index contributed by atoms with van der Waals surface area (Å²) >= 11 is 0. The topological polar surface area (TPSA) is 70.5 Å². The summed E-state index contributed by atoms with van der Waals surface area (Å²) in [7, 11) is -1.59. The van der Waals surface area contributed by atoms with Crippen molar-refractivity contribution >= 4 is 9.28 Å². The van der Waals surface area contributed by atoms with Crippen molar-refractivity contribution in [3.8, 4) is 0 Å². The van der Waals surface area contributed by atoms with Crippen molar-refractivity contribution in [2.45, 2.75) is 45.2 Å². The Kier molecular flexibility index (Phi) is 8.27. The SMILES string of the molecule is CCO[SiH](CC(N)(CC)CCN)OCC. The normalized spacial score (nSPS) is 15.6. The minimum atomic E-state index is -1.59. The van der Waals surface area contributed by atoms with E-state index in [0.717, 1.165) is 18.9 Å². The average Bonchev–Trinajstić information content (AvgIpc) is 2.19. The lowest BCUT2D eigenvalue weighted by Gasteiger charge is -2.30. The van der Waals surface area contributed by atoms with E-state index in [4.69, 9.17) is 20.3 Å². The van der Waals surface area contributed by atoms with E-state index in [1.165, 1.54) is 0 Å². The molecule has 4 N–H and O–H groups in total. The van der Waals surface area contributed by atoms with Crippen molar-refractivity contribution in [3.05, 3.63) is 0 Å². The summed E-state index contributed by atoms with van der Waals surface area (Å²) in [6.07, 6.45) is 1.76. The monoisotopic (exact) mass is 234 g/mol. The van der Waals surface area contributed by atoms with Gasteiger partial charge in [0, 0.05) is 24.8 Å². The van der Waals surface area contributed by atoms with Gasteiger partial charge in [0.15, 0.2) is 0 Å². The van der Waals surface area contributed by atoms with Crippen molar-refractivity contribution in [2.24, 2.45) is 11.5 Å². The summed E-state index contributed by atoms with van der Waals surface area (Å²) in [4.78, 5) is 0. The van der Waals surface area contributed by atoms with Crippen LogP contribution in [-0.2, 0) is 8.85 Å². The molecular formula is C10H26N2O2Si. The van der Waals surface area contributed by atoms with Crippen LogP contribution in [0, 0.1) is 0 Å². The molecule has 0 aliphatic carbocycles. The summed E-state index contributed by atoms with van der Waals surface area (Å²) in [5, 5.41) is 0. The average molecular weight is 234 g/mol. The molecule has 0 bridgehead atoms. The molecule has 0 aromatic carbocycles. The van der Waals surface area contributed by atoms with Crippen LogP contribution in [0.5, 0.6) is 0 Å². The van der Waals surface area contributed by atoms with Crippen LogP contribution < -0.4 is 11.5 Å². The number of rotatable bonds is 9. The smallest absolute Gasteiger partial charge is 0.323 e. The van der Waals surface area contributed by atoms with Gasteiger partial charge in [0.05, 0.1) is 0 Å². The van der Waals surface area contributed by atoms with Gasteiger partial charge >= 0.3 is 9.28 Å². The highest BCUT2D eigenvalue weighted by molar-refractivity contribution is 6.44. The zero-order valence-corrected chi connectivity index (χ0v) is 11.4. The molecule has 0 rings (SSSR count). The summed E-state index contributed by atoms with van der Waals surface area (Å²) < 4.78 is 11.2. The molecular weight excluding hydrogens is 208 g/mol. The highest BCUT2D eigenvalue weighted by Crippen LogP contribution is 2.19. The third-order valence-corrected chi connectivity index (χ3v) is 5.18. The molecule has 0 fully saturated rings. The van der Waals surface area contributed by atoms with E-state index in [1.54, 1.807) is 0 Å². The Labute approximate surface area is 95.2 Å². The molecule has 4 nitrogen and oxygen atoms in total. The van der Waals surface area contributed by atoms with Crippen LogP contribution in [0.3, 0.4) is 0 Å². The van der Waals surface area contributed by atoms with Crippen molar-refractivity contribution in [1.29, 1.82) is 0 Å². The molecule has 0 radical (unpaired) electrons. The van der Waals surface area contributed by atoms with Crippen LogP contribution in [0.1, 0.15) is 33.6 Å². The van der Waals surface area contributed by atoms with Gasteiger partial charge in [-0.05, 0) is 33.2 Å². The van der Waals surface area contributed by atoms with Gasteiger partial charge in [-0.1, -0.05) is 6.92 Å². The maximum Gasteiger partial charge on any atom is 0.323 e. The van der Waals surface area contributed by atoms with Gasteiger partial charge in [-0.15, -0.1) is 0 Å². The van der Waals surface area contributed by atoms with Crippen LogP contribution in [0.25, 0.3) is 0 Å². The number of nitrogens with two attached hydrogens (primary N) is 2. The fourth-order valence-corrected chi connectivity index (χ4v) is 3.81. The minimum absolute atomic E-state index is 0.198. The van der Waals surface area contributed by atoms with E-state index in [0.29, 0.717) is 19.8 Å². The second-order valence-electron chi connectivity index (χ2n) is 3.80. The highest BCUT2D eigenvalue weighted by atomic mass is 28.3. The van der Waals surface area contributed by atoms with Gasteiger partial charge in [-0.3, -0.25) is 0 Å². The Balaban J connectivity index is 4.19. The quantitative estimate of drug-likeness (QED) is 0.577. The molecule has 0 saturated heterocycles. The van der Waals surface area contributed by atoms with E-state index >= 15 is 0 Å². The van der Waals surface area contributed by atoms with Gasteiger partial charge in [0.1, 0.15) is 0 Å². The van der Waals surface area contributed by atoms with Gasteiger partial charge in [0.2, 0.25) is 0 Å². The predicted octanol–water partition coefficient (Wildman–Crippen LogP) is 0.736. The van der Waals surface area contributed by atoms with E-state index in [1.807, 2.05) is 13.8 Å². The first kappa shape index (κ1) is 15.1. The first-order valence-corrected chi connectivity index (χ1v) is 7.60. The zero-order chi connectivity index (χ0) is 11.7. The molecule has 92 valence electrons. The molecule has 5 heteroatoms. The molecule has 0 amide bonds. The van der Waals surface area contributed by atoms with Crippen molar-refractivity contribution in [2.75, 3.05) is 19.8 Å². The van der Waals surface area contributed by atoms with Crippen LogP contribution in [0.2, 0.25) is 6.04 Å². The zero-order valence-electron chi connectivity index (χ0n) is 10.3. The second kappa shape index (κ2) is 8.24. The summed E-state index contributed by atoms with van der Waals surface area (Å²) in [6.45, 7) is 8.12. The molecule has 0 aromatic heterocycles. The highest BCUT2D eigenvalue weighted by Gasteiger charge is 2.28. The summed E-state index contributed by atoms with van der Waals surface area (Å²) in [6, 6.07) is 0.850. The van der Waals surface area contributed by atoms with E-state index in [2.05, 4.69) is 6.92 Å². The van der Waals surface area contributed by atoms with Crippen LogP contribution in [0.15, 0.2) is 0 Å². The lowest BCUT2D eigenvalue weighted by atomic mass is 9.96. The van der Waals surface area contributed by atoms with Crippen LogP contribution >= 0.6 is 0 Å². The molecule has 1 unspecified atom stereocenters. The van der Waals surface area contributed by atoms with Gasteiger partial charge in [-0.2, -0.15) is 0 Å². The lowest BCUT2D eigenvalue weighted by molar-refractivity contribution is 0.203. The van der Waals surface area contributed by atoms with Gasteiger partial charge in [0.25, 0.3) is 0 Å². The molecule has 0 aromatic rings. The van der Waals surface area contributed by atoms with E-state index in [-0.39, 0.29) is 5.54 Å². The Morgan fingerprint density at radius 1 is 1.13 bits per heavy atom. The molecule has 0 saturated carbocycles. The first-order valence-electron chi connectivity index (χ1n) is 5.84. The maximum absolute atomic E-state index is 6.26. The molecule has 0 aliphatic rings. The standard InChI is InChI=1S/C10H26N2O2Si/c1-4-10(12,7-8-11)9-15(13-5-2)14-6-3/h15H,4-9,11-12H2,1-3H3. The van der Waals surface area contributed by atoms with E-state index in [9.17, 15) is 0 Å². The molecule has 0 aliphatic heterocycles. The second-order valence-corrected chi connectivity index (χ2v) is 5.73. The predicted molar refractivity (Wildman–Crippen MR) is 66.1 cm³/mol. The van der Waals surface area contributed by atoms with Crippen molar-refractivity contribution in [3.63, 3.8) is 0 Å². The summed E-state index contributed by atoms with van der Waals surface area (Å²) in [5.41, 5.74) is 11.6. The third kappa shape index (κ3) is 6.27. The molecule has 1 atom stereocenters. The van der Waals surface area contributed by atoms with E-state index < -0.39 is 9.28 Å². The first-order chi connectivity index (χ1) is 7.11. The minimum Gasteiger partial charge on any atom is -0.397 e. The summed E-state index contributed by atoms with van der Waals surface area (Å²) in [5.74, 6) is 0. The largest absolute Gasteiger partial charge is 0.397 e. The Morgan fingerprint density at radius 3 is 2.00 bits per heavy atom. The molecule has 15 heavy (non-hydrogen) atoms. The van der Waals surface area contributed by atoms with Gasteiger partial charge < -0.3 is 20.3 Å². The van der Waals surface area contributed by atoms with Crippen molar-refractivity contribution < 1.29 is 8.85 Å². The Bertz CT molecular complexity index is 154. The Hall–Kier alpha value is 0.0569. The number of hydrogen-bond donors (Lipinski definition) is 2. The Morgan fingerprint density at radius 2 is 1.67 bits per heavy atom. The number of hydrogen-bond acceptors (Lipinski definition) is 4. The van der Waals surface area contributed by atoms with Gasteiger partial charge in [-0.25, -0.2) is 0 Å². The fraction of sp³-hybridized carbons (Fsp3) is 1.00. The van der Waals surface area contributed by atoms with Crippen LogP contribution in [0.4, 0.5) is 0 Å². The van der Waals surface area contributed by atoms with Crippen molar-refractivity contribution in [1.82, 2.24) is 0 Å². The fourth-order valence-electron chi connectivity index (χ4n) is 1.58. The third-order valence-electron chi connectivity index (χ3n) is 2.62. The maximum atomic E-state index is 6.26. The lowest BCUT2D eigenvalue weighted by Crippen LogP contribution is -2.46. The molecule has 0 heterocycles.